The van der Waals surface area contributed by atoms with Crippen molar-refractivity contribution in [1.29, 1.82) is 0 Å². The molecule has 0 aromatic heterocycles. The first-order chi connectivity index (χ1) is 34.5. The van der Waals surface area contributed by atoms with E-state index in [-0.39, 0.29) is 31.1 Å². The van der Waals surface area contributed by atoms with Crippen LogP contribution in [0.5, 0.6) is 0 Å². The second-order valence-corrected chi connectivity index (χ2v) is 20.6. The van der Waals surface area contributed by atoms with Gasteiger partial charge in [-0.3, -0.25) is 14.4 Å². The van der Waals surface area contributed by atoms with Gasteiger partial charge < -0.3 is 14.2 Å². The van der Waals surface area contributed by atoms with E-state index in [0.717, 1.165) is 70.6 Å². The first-order valence-electron chi connectivity index (χ1n) is 30.6. The Morgan fingerprint density at radius 1 is 0.286 bits per heavy atom. The van der Waals surface area contributed by atoms with Crippen LogP contribution in [0.3, 0.4) is 0 Å². The second-order valence-electron chi connectivity index (χ2n) is 20.6. The molecule has 0 unspecified atom stereocenters. The van der Waals surface area contributed by atoms with Gasteiger partial charge in [0, 0.05) is 19.3 Å². The first-order valence-corrected chi connectivity index (χ1v) is 30.6. The van der Waals surface area contributed by atoms with Crippen LogP contribution in [0.25, 0.3) is 0 Å². The maximum Gasteiger partial charge on any atom is 0.306 e. The molecule has 0 aromatic carbocycles. The van der Waals surface area contributed by atoms with Gasteiger partial charge in [-0.05, 0) is 103 Å². The van der Waals surface area contributed by atoms with Gasteiger partial charge >= 0.3 is 17.9 Å². The third-order valence-electron chi connectivity index (χ3n) is 13.5. The standard InChI is InChI=1S/C64H116O6/c1-4-7-10-13-16-19-22-25-28-30-32-34-36-39-42-45-48-51-54-57-63(66)69-60-61(59-68-62(65)56-53-50-47-44-41-38-27-24-21-18-15-12-9-6-3)70-64(67)58-55-52-49-46-43-40-37-35-33-31-29-26-23-20-17-14-11-8-5-2/h16,19,24-29,61H,4-15,17-18,20-23,30-60H2,1-3H3/b19-16+,27-24+,28-25+,29-26+/t61-/m1/s1. The molecule has 0 amide bonds. The summed E-state index contributed by atoms with van der Waals surface area (Å²) in [6.45, 7) is 6.63. The molecule has 6 heteroatoms. The number of carbonyl (C=O) groups is 3. The Morgan fingerprint density at radius 2 is 0.514 bits per heavy atom. The summed E-state index contributed by atoms with van der Waals surface area (Å²) in [6.07, 6.45) is 72.4. The van der Waals surface area contributed by atoms with Crippen molar-refractivity contribution in [2.45, 2.75) is 329 Å². The quantitative estimate of drug-likeness (QED) is 0.0261. The minimum atomic E-state index is -0.779. The SMILES string of the molecule is CCCCC/C=C/C/C=C/CCCCCCCCCCCC(=O)OC[C@@H](COC(=O)CCCCCCC/C=C/CCCCCCC)OC(=O)CCCCCCCCCCC/C=C/CCCCCCCC. The van der Waals surface area contributed by atoms with Gasteiger partial charge in [-0.2, -0.15) is 0 Å². The summed E-state index contributed by atoms with van der Waals surface area (Å²) in [5, 5.41) is 0. The molecule has 0 bridgehead atoms. The van der Waals surface area contributed by atoms with Crippen LogP contribution in [0.2, 0.25) is 0 Å². The van der Waals surface area contributed by atoms with Crippen LogP contribution in [0.4, 0.5) is 0 Å². The van der Waals surface area contributed by atoms with E-state index < -0.39 is 6.10 Å². The Bertz CT molecular complexity index is 1220. The summed E-state index contributed by atoms with van der Waals surface area (Å²) < 4.78 is 16.9. The van der Waals surface area contributed by atoms with Gasteiger partial charge in [0.25, 0.3) is 0 Å². The Morgan fingerprint density at radius 3 is 0.829 bits per heavy atom. The van der Waals surface area contributed by atoms with Crippen LogP contribution in [-0.2, 0) is 28.6 Å². The molecule has 70 heavy (non-hydrogen) atoms. The molecular formula is C64H116O6. The molecule has 0 aromatic rings. The molecule has 0 aliphatic heterocycles. The predicted molar refractivity (Wildman–Crippen MR) is 302 cm³/mol. The number of hydrogen-bond donors (Lipinski definition) is 0. The van der Waals surface area contributed by atoms with E-state index in [4.69, 9.17) is 14.2 Å². The number of hydrogen-bond acceptors (Lipinski definition) is 6. The van der Waals surface area contributed by atoms with Crippen LogP contribution in [0.15, 0.2) is 48.6 Å². The van der Waals surface area contributed by atoms with Crippen LogP contribution in [-0.4, -0.2) is 37.2 Å². The van der Waals surface area contributed by atoms with E-state index in [0.29, 0.717) is 19.3 Å². The molecule has 0 heterocycles. The molecule has 0 rings (SSSR count). The monoisotopic (exact) mass is 981 g/mol. The van der Waals surface area contributed by atoms with Gasteiger partial charge in [-0.25, -0.2) is 0 Å². The number of unbranched alkanes of at least 4 members (excludes halogenated alkanes) is 37. The van der Waals surface area contributed by atoms with Crippen LogP contribution < -0.4 is 0 Å². The van der Waals surface area contributed by atoms with E-state index in [1.54, 1.807) is 0 Å². The van der Waals surface area contributed by atoms with Gasteiger partial charge in [-0.1, -0.05) is 249 Å². The van der Waals surface area contributed by atoms with Crippen molar-refractivity contribution in [3.63, 3.8) is 0 Å². The highest BCUT2D eigenvalue weighted by Crippen LogP contribution is 2.16. The fraction of sp³-hybridized carbons (Fsp3) is 0.828. The van der Waals surface area contributed by atoms with Crippen LogP contribution in [0.1, 0.15) is 323 Å². The largest absolute Gasteiger partial charge is 0.462 e. The third-order valence-corrected chi connectivity index (χ3v) is 13.5. The Labute approximate surface area is 435 Å². The van der Waals surface area contributed by atoms with Crippen molar-refractivity contribution in [2.24, 2.45) is 0 Å². The van der Waals surface area contributed by atoms with E-state index in [9.17, 15) is 14.4 Å². The van der Waals surface area contributed by atoms with Crippen molar-refractivity contribution in [2.75, 3.05) is 13.2 Å². The number of rotatable bonds is 56. The van der Waals surface area contributed by atoms with Crippen molar-refractivity contribution in [3.8, 4) is 0 Å². The molecule has 0 fully saturated rings. The van der Waals surface area contributed by atoms with Crippen molar-refractivity contribution < 1.29 is 28.6 Å². The number of allylic oxidation sites excluding steroid dienone is 8. The lowest BCUT2D eigenvalue weighted by atomic mass is 10.1. The zero-order valence-electron chi connectivity index (χ0n) is 46.8. The van der Waals surface area contributed by atoms with E-state index in [1.165, 1.54) is 212 Å². The summed E-state index contributed by atoms with van der Waals surface area (Å²) >= 11 is 0. The molecule has 0 saturated heterocycles. The maximum absolute atomic E-state index is 12.9. The summed E-state index contributed by atoms with van der Waals surface area (Å²) in [6, 6.07) is 0. The summed E-state index contributed by atoms with van der Waals surface area (Å²) in [5.41, 5.74) is 0. The highest BCUT2D eigenvalue weighted by molar-refractivity contribution is 5.71. The molecule has 0 saturated carbocycles. The predicted octanol–water partition coefficient (Wildman–Crippen LogP) is 20.6. The Kier molecular flexibility index (Phi) is 56.7. The minimum Gasteiger partial charge on any atom is -0.462 e. The lowest BCUT2D eigenvalue weighted by Gasteiger charge is -2.18. The average molecular weight is 982 g/mol. The lowest BCUT2D eigenvalue weighted by molar-refractivity contribution is -0.167. The first kappa shape index (κ1) is 67.4. The molecule has 408 valence electrons. The van der Waals surface area contributed by atoms with Gasteiger partial charge in [0.2, 0.25) is 0 Å². The summed E-state index contributed by atoms with van der Waals surface area (Å²) in [5.74, 6) is -0.875. The molecular weight excluding hydrogens is 865 g/mol. The van der Waals surface area contributed by atoms with Gasteiger partial charge in [0.05, 0.1) is 0 Å². The Balaban J connectivity index is 4.35. The molecule has 1 atom stereocenters. The lowest BCUT2D eigenvalue weighted by Crippen LogP contribution is -2.30. The molecule has 0 radical (unpaired) electrons. The third kappa shape index (κ3) is 56.3. The van der Waals surface area contributed by atoms with Crippen molar-refractivity contribution in [1.82, 2.24) is 0 Å². The number of ether oxygens (including phenoxy) is 3. The van der Waals surface area contributed by atoms with Crippen LogP contribution in [0, 0.1) is 0 Å². The van der Waals surface area contributed by atoms with Crippen molar-refractivity contribution in [3.05, 3.63) is 48.6 Å². The molecule has 0 N–H and O–H groups in total. The molecule has 0 aliphatic rings. The maximum atomic E-state index is 12.9. The molecule has 6 nitrogen and oxygen atoms in total. The highest BCUT2D eigenvalue weighted by Gasteiger charge is 2.19. The number of carbonyl (C=O) groups excluding carboxylic acids is 3. The van der Waals surface area contributed by atoms with E-state index in [1.807, 2.05) is 0 Å². The normalized spacial score (nSPS) is 12.3. The van der Waals surface area contributed by atoms with Gasteiger partial charge in [0.1, 0.15) is 13.2 Å². The minimum absolute atomic E-state index is 0.0768. The number of esters is 3. The zero-order valence-corrected chi connectivity index (χ0v) is 46.8. The smallest absolute Gasteiger partial charge is 0.306 e. The van der Waals surface area contributed by atoms with Gasteiger partial charge in [0.15, 0.2) is 6.10 Å². The zero-order chi connectivity index (χ0) is 50.7. The summed E-state index contributed by atoms with van der Waals surface area (Å²) in [4.78, 5) is 38.2. The fourth-order valence-corrected chi connectivity index (χ4v) is 8.88. The average Bonchev–Trinajstić information content (AvgIpc) is 3.36. The molecule has 0 aliphatic carbocycles. The van der Waals surface area contributed by atoms with Crippen molar-refractivity contribution >= 4 is 17.9 Å². The topological polar surface area (TPSA) is 78.9 Å². The second kappa shape index (κ2) is 58.9. The highest BCUT2D eigenvalue weighted by atomic mass is 16.6. The van der Waals surface area contributed by atoms with E-state index >= 15 is 0 Å². The van der Waals surface area contributed by atoms with Crippen LogP contribution >= 0.6 is 0 Å². The van der Waals surface area contributed by atoms with Gasteiger partial charge in [-0.15, -0.1) is 0 Å². The Hall–Kier alpha value is -2.63. The summed E-state index contributed by atoms with van der Waals surface area (Å²) in [7, 11) is 0. The fourth-order valence-electron chi connectivity index (χ4n) is 8.88. The van der Waals surface area contributed by atoms with E-state index in [2.05, 4.69) is 69.4 Å². The molecule has 0 spiro atoms.